The maximum Gasteiger partial charge on any atom is 0.269 e. The number of aromatic nitrogens is 2. The fourth-order valence-electron chi connectivity index (χ4n) is 2.92. The third-order valence-corrected chi connectivity index (χ3v) is 6.33. The summed E-state index contributed by atoms with van der Waals surface area (Å²) in [6.45, 7) is 1.92. The van der Waals surface area contributed by atoms with Crippen LogP contribution in [0, 0.1) is 27.4 Å². The normalized spacial score (nSPS) is 13.5. The van der Waals surface area contributed by atoms with Gasteiger partial charge in [-0.3, -0.25) is 15.5 Å². The molecule has 3 N–H and O–H groups in total. The molecule has 1 aromatic heterocycles. The summed E-state index contributed by atoms with van der Waals surface area (Å²) in [6, 6.07) is 4.32. The van der Waals surface area contributed by atoms with Gasteiger partial charge in [0, 0.05) is 17.7 Å². The van der Waals surface area contributed by atoms with Crippen LogP contribution >= 0.6 is 0 Å². The van der Waals surface area contributed by atoms with E-state index in [1.54, 1.807) is 6.08 Å². The summed E-state index contributed by atoms with van der Waals surface area (Å²) in [5, 5.41) is 18.7. The van der Waals surface area contributed by atoms with Gasteiger partial charge in [-0.15, -0.1) is 0 Å². The van der Waals surface area contributed by atoms with Crippen molar-refractivity contribution in [3.8, 4) is 11.8 Å². The molecule has 1 aliphatic rings. The van der Waals surface area contributed by atoms with Gasteiger partial charge in [0.1, 0.15) is 23.6 Å². The molecule has 10 nitrogen and oxygen atoms in total. The minimum Gasteiger partial charge on any atom is -0.497 e. The number of ether oxygens (including phenoxy) is 1. The van der Waals surface area contributed by atoms with Crippen LogP contribution in [0.3, 0.4) is 0 Å². The number of anilines is 1. The van der Waals surface area contributed by atoms with Crippen molar-refractivity contribution < 1.29 is 18.1 Å². The first-order valence-corrected chi connectivity index (χ1v) is 11.0. The van der Waals surface area contributed by atoms with Gasteiger partial charge < -0.3 is 10.5 Å². The van der Waals surface area contributed by atoms with E-state index in [0.29, 0.717) is 17.8 Å². The molecular weight excluding hydrogens is 446 g/mol. The number of hydrogen-bond donors (Lipinski definition) is 2. The lowest BCUT2D eigenvalue weighted by molar-refractivity contribution is -0.384. The number of nitro benzene ring substituents is 1. The molecule has 1 aliphatic carbocycles. The van der Waals surface area contributed by atoms with Crippen LogP contribution in [0.15, 0.2) is 75.6 Å². The fraction of sp³-hybridized carbons (Fsp3) is 0.136. The number of nitro groups is 1. The summed E-state index contributed by atoms with van der Waals surface area (Å²) in [6.07, 6.45) is 6.99. The van der Waals surface area contributed by atoms with Crippen molar-refractivity contribution in [3.05, 3.63) is 81.4 Å². The number of hydrogen-bond acceptors (Lipinski definition) is 9. The van der Waals surface area contributed by atoms with E-state index in [0.717, 1.165) is 36.2 Å². The fourth-order valence-corrected chi connectivity index (χ4v) is 4.30. The third kappa shape index (κ3) is 5.13. The zero-order valence-electron chi connectivity index (χ0n) is 17.7. The minimum atomic E-state index is -4.26. The molecule has 1 heterocycles. The molecule has 0 radical (unpaired) electrons. The lowest BCUT2D eigenvalue weighted by Gasteiger charge is -2.09. The number of nitrogens with zero attached hydrogens (tertiary/aromatic N) is 3. The highest BCUT2D eigenvalue weighted by Gasteiger charge is 2.27. The van der Waals surface area contributed by atoms with Crippen LogP contribution in [-0.2, 0) is 14.6 Å². The summed E-state index contributed by atoms with van der Waals surface area (Å²) < 4.78 is 31.6. The molecule has 0 amide bonds. The van der Waals surface area contributed by atoms with Crippen molar-refractivity contribution in [1.82, 2.24) is 9.97 Å². The standard InChI is InChI=1S/C22H19N5O5S/c1-14-3-4-15(12-17(11-14)32-2)5-10-19(23)20-21(24)25-13-26-22(20)33(30,31)18-8-6-16(7-9-18)27(28)29/h3,6-9,11-13,23H,4H2,1-2H3,(H2,24,25,26). The molecule has 0 spiro atoms. The van der Waals surface area contributed by atoms with E-state index in [2.05, 4.69) is 21.8 Å². The Morgan fingerprint density at radius 3 is 2.58 bits per heavy atom. The SMILES string of the molecule is COC1=CC(C)=CCC(C#CC(=N)c2c(N)ncnc2S(=O)(=O)c2ccc([N+](=O)[O-])cc2)=C1. The van der Waals surface area contributed by atoms with E-state index in [1.165, 1.54) is 7.11 Å². The Morgan fingerprint density at radius 1 is 1.24 bits per heavy atom. The van der Waals surface area contributed by atoms with Gasteiger partial charge >= 0.3 is 0 Å². The summed E-state index contributed by atoms with van der Waals surface area (Å²) >= 11 is 0. The monoisotopic (exact) mass is 465 g/mol. The van der Waals surface area contributed by atoms with Gasteiger partial charge in [-0.25, -0.2) is 18.4 Å². The summed E-state index contributed by atoms with van der Waals surface area (Å²) in [7, 11) is -2.73. The largest absolute Gasteiger partial charge is 0.497 e. The molecule has 0 unspecified atom stereocenters. The Balaban J connectivity index is 2.02. The molecule has 0 fully saturated rings. The first-order valence-electron chi connectivity index (χ1n) is 9.47. The Labute approximate surface area is 190 Å². The van der Waals surface area contributed by atoms with Crippen molar-refractivity contribution in [2.45, 2.75) is 23.3 Å². The van der Waals surface area contributed by atoms with E-state index in [9.17, 15) is 18.5 Å². The van der Waals surface area contributed by atoms with Gasteiger partial charge in [-0.05, 0) is 43.5 Å². The minimum absolute atomic E-state index is 0.229. The average molecular weight is 465 g/mol. The summed E-state index contributed by atoms with van der Waals surface area (Å²) in [4.78, 5) is 17.6. The molecule has 2 aromatic rings. The Kier molecular flexibility index (Phi) is 6.69. The van der Waals surface area contributed by atoms with Crippen molar-refractivity contribution in [1.29, 1.82) is 5.41 Å². The molecule has 0 atom stereocenters. The van der Waals surface area contributed by atoms with E-state index >= 15 is 0 Å². The maximum absolute atomic E-state index is 13.2. The molecule has 3 rings (SSSR count). The van der Waals surface area contributed by atoms with Crippen LogP contribution in [-0.4, -0.2) is 36.1 Å². The number of benzene rings is 1. The highest BCUT2D eigenvalue weighted by Crippen LogP contribution is 2.26. The van der Waals surface area contributed by atoms with E-state index in [1.807, 2.05) is 19.1 Å². The zero-order chi connectivity index (χ0) is 24.2. The van der Waals surface area contributed by atoms with Crippen molar-refractivity contribution in [2.24, 2.45) is 0 Å². The second kappa shape index (κ2) is 9.46. The Bertz CT molecular complexity index is 1390. The molecule has 33 heavy (non-hydrogen) atoms. The predicted octanol–water partition coefficient (Wildman–Crippen LogP) is 2.98. The number of nitrogens with two attached hydrogens (primary N) is 1. The third-order valence-electron chi connectivity index (χ3n) is 4.62. The number of nitrogens with one attached hydrogen (secondary N) is 1. The van der Waals surface area contributed by atoms with E-state index in [4.69, 9.17) is 15.9 Å². The van der Waals surface area contributed by atoms with Gasteiger partial charge in [0.2, 0.25) is 9.84 Å². The first kappa shape index (κ1) is 23.4. The quantitative estimate of drug-likeness (QED) is 0.224. The van der Waals surface area contributed by atoms with Crippen molar-refractivity contribution in [2.75, 3.05) is 12.8 Å². The van der Waals surface area contributed by atoms with Gasteiger partial charge in [0.15, 0.2) is 5.03 Å². The van der Waals surface area contributed by atoms with Gasteiger partial charge in [-0.2, -0.15) is 0 Å². The number of nitrogen functional groups attached to an aromatic ring is 1. The van der Waals surface area contributed by atoms with Gasteiger partial charge in [0.05, 0.1) is 22.5 Å². The molecule has 168 valence electrons. The number of rotatable bonds is 5. The second-order valence-corrected chi connectivity index (χ2v) is 8.76. The Hall–Kier alpha value is -4.30. The van der Waals surface area contributed by atoms with E-state index in [-0.39, 0.29) is 27.7 Å². The Morgan fingerprint density at radius 2 is 1.94 bits per heavy atom. The van der Waals surface area contributed by atoms with Crippen LogP contribution in [0.5, 0.6) is 0 Å². The summed E-state index contributed by atoms with van der Waals surface area (Å²) in [5.41, 5.74) is 6.64. The number of allylic oxidation sites excluding steroid dienone is 5. The van der Waals surface area contributed by atoms with Crippen LogP contribution in [0.1, 0.15) is 18.9 Å². The lowest BCUT2D eigenvalue weighted by Crippen LogP contribution is -2.15. The zero-order valence-corrected chi connectivity index (χ0v) is 18.5. The number of methoxy groups -OCH3 is 1. The second-order valence-electron chi connectivity index (χ2n) is 6.89. The molecule has 1 aromatic carbocycles. The molecule has 11 heteroatoms. The van der Waals surface area contributed by atoms with Crippen LogP contribution in [0.4, 0.5) is 11.5 Å². The number of sulfone groups is 1. The van der Waals surface area contributed by atoms with Crippen LogP contribution in [0.25, 0.3) is 0 Å². The van der Waals surface area contributed by atoms with Crippen LogP contribution < -0.4 is 5.73 Å². The smallest absolute Gasteiger partial charge is 0.269 e. The summed E-state index contributed by atoms with van der Waals surface area (Å²) in [5.74, 6) is 5.84. The predicted molar refractivity (Wildman–Crippen MR) is 121 cm³/mol. The first-order chi connectivity index (χ1) is 15.6. The molecule has 0 saturated carbocycles. The molecule has 0 bridgehead atoms. The van der Waals surface area contributed by atoms with Crippen molar-refractivity contribution in [3.63, 3.8) is 0 Å². The molecule has 0 aliphatic heterocycles. The highest BCUT2D eigenvalue weighted by atomic mass is 32.2. The molecule has 0 saturated heterocycles. The maximum atomic E-state index is 13.2. The highest BCUT2D eigenvalue weighted by molar-refractivity contribution is 7.91. The number of non-ortho nitro benzene ring substituents is 1. The van der Waals surface area contributed by atoms with Gasteiger partial charge in [0.25, 0.3) is 5.69 Å². The molecular formula is C22H19N5O5S. The van der Waals surface area contributed by atoms with E-state index < -0.39 is 19.8 Å². The topological polar surface area (TPSA) is 162 Å². The lowest BCUT2D eigenvalue weighted by atomic mass is 10.1. The average Bonchev–Trinajstić information content (AvgIpc) is 2.98. The van der Waals surface area contributed by atoms with Crippen molar-refractivity contribution >= 4 is 27.1 Å². The van der Waals surface area contributed by atoms with Gasteiger partial charge in [-0.1, -0.05) is 17.6 Å². The van der Waals surface area contributed by atoms with Crippen LogP contribution in [0.2, 0.25) is 0 Å².